The molecule has 88 valence electrons. The van der Waals surface area contributed by atoms with E-state index in [0.717, 1.165) is 19.3 Å². The molecule has 0 unspecified atom stereocenters. The van der Waals surface area contributed by atoms with Gasteiger partial charge in [-0.05, 0) is 33.1 Å². The Kier molecular flexibility index (Phi) is 7.96. The molecule has 3 nitrogen and oxygen atoms in total. The van der Waals surface area contributed by atoms with Gasteiger partial charge in [0, 0.05) is 19.3 Å². The molecular formula is C12H22O3. The minimum absolute atomic E-state index is 0.0424. The lowest BCUT2D eigenvalue weighted by molar-refractivity contribution is -0.147. The molecule has 0 N–H and O–H groups in total. The standard InChI is InChI=1S/C12H22O3/c1-4-7-11(13)8-5-6-9-12(14)15-10(2)3/h10H,4-9H2,1-3H3. The average Bonchev–Trinajstić information content (AvgIpc) is 2.12. The lowest BCUT2D eigenvalue weighted by Gasteiger charge is -2.07. The van der Waals surface area contributed by atoms with E-state index in [2.05, 4.69) is 0 Å². The highest BCUT2D eigenvalue weighted by atomic mass is 16.5. The molecule has 0 aliphatic carbocycles. The van der Waals surface area contributed by atoms with Crippen molar-refractivity contribution in [3.8, 4) is 0 Å². The lowest BCUT2D eigenvalue weighted by atomic mass is 10.1. The second-order valence-electron chi connectivity index (χ2n) is 4.03. The Labute approximate surface area is 92.2 Å². The summed E-state index contributed by atoms with van der Waals surface area (Å²) >= 11 is 0. The number of Topliss-reactive ketones (excluding diaryl/α,β-unsaturated/α-hetero) is 1. The predicted octanol–water partition coefficient (Wildman–Crippen LogP) is 2.87. The maximum absolute atomic E-state index is 11.1. The fourth-order valence-corrected chi connectivity index (χ4v) is 1.32. The Morgan fingerprint density at radius 2 is 1.67 bits per heavy atom. The van der Waals surface area contributed by atoms with E-state index < -0.39 is 0 Å². The van der Waals surface area contributed by atoms with E-state index in [4.69, 9.17) is 4.74 Å². The highest BCUT2D eigenvalue weighted by Crippen LogP contribution is 2.05. The van der Waals surface area contributed by atoms with Crippen molar-refractivity contribution in [2.45, 2.75) is 65.4 Å². The van der Waals surface area contributed by atoms with E-state index >= 15 is 0 Å². The highest BCUT2D eigenvalue weighted by Gasteiger charge is 2.06. The van der Waals surface area contributed by atoms with E-state index in [1.54, 1.807) is 0 Å². The second-order valence-corrected chi connectivity index (χ2v) is 4.03. The molecule has 3 heteroatoms. The average molecular weight is 214 g/mol. The Bertz CT molecular complexity index is 197. The van der Waals surface area contributed by atoms with Gasteiger partial charge in [0.1, 0.15) is 5.78 Å². The first-order valence-electron chi connectivity index (χ1n) is 5.77. The van der Waals surface area contributed by atoms with Crippen molar-refractivity contribution in [3.63, 3.8) is 0 Å². The zero-order chi connectivity index (χ0) is 11.7. The summed E-state index contributed by atoms with van der Waals surface area (Å²) in [7, 11) is 0. The van der Waals surface area contributed by atoms with Crippen molar-refractivity contribution in [1.29, 1.82) is 0 Å². The lowest BCUT2D eigenvalue weighted by Crippen LogP contribution is -2.11. The van der Waals surface area contributed by atoms with Crippen LogP contribution >= 0.6 is 0 Å². The summed E-state index contributed by atoms with van der Waals surface area (Å²) in [5.74, 6) is 0.141. The molecule has 0 saturated heterocycles. The fraction of sp³-hybridized carbons (Fsp3) is 0.833. The van der Waals surface area contributed by atoms with Gasteiger partial charge in [-0.25, -0.2) is 0 Å². The number of unbranched alkanes of at least 4 members (excludes halogenated alkanes) is 1. The molecule has 0 heterocycles. The highest BCUT2D eigenvalue weighted by molar-refractivity contribution is 5.78. The number of ether oxygens (including phenoxy) is 1. The predicted molar refractivity (Wildman–Crippen MR) is 59.6 cm³/mol. The number of ketones is 1. The van der Waals surface area contributed by atoms with Gasteiger partial charge in [-0.1, -0.05) is 6.92 Å². The largest absolute Gasteiger partial charge is 0.463 e. The number of hydrogen-bond donors (Lipinski definition) is 0. The van der Waals surface area contributed by atoms with E-state index in [9.17, 15) is 9.59 Å². The molecule has 0 aliphatic rings. The van der Waals surface area contributed by atoms with Gasteiger partial charge in [0.15, 0.2) is 0 Å². The third-order valence-electron chi connectivity index (χ3n) is 1.98. The SMILES string of the molecule is CCCC(=O)CCCCC(=O)OC(C)C. The molecule has 0 amide bonds. The van der Waals surface area contributed by atoms with Crippen LogP contribution in [0.4, 0.5) is 0 Å². The zero-order valence-electron chi connectivity index (χ0n) is 10.0. The first-order valence-corrected chi connectivity index (χ1v) is 5.77. The summed E-state index contributed by atoms with van der Waals surface area (Å²) in [6.07, 6.45) is 4.11. The van der Waals surface area contributed by atoms with Crippen molar-refractivity contribution in [3.05, 3.63) is 0 Å². The molecule has 0 aromatic rings. The summed E-state index contributed by atoms with van der Waals surface area (Å²) < 4.78 is 4.98. The van der Waals surface area contributed by atoms with Crippen LogP contribution in [0.2, 0.25) is 0 Å². The van der Waals surface area contributed by atoms with Gasteiger partial charge < -0.3 is 4.74 Å². The summed E-state index contributed by atoms with van der Waals surface area (Å²) in [6, 6.07) is 0. The molecule has 0 saturated carbocycles. The summed E-state index contributed by atoms with van der Waals surface area (Å²) in [5, 5.41) is 0. The molecule has 0 fully saturated rings. The van der Waals surface area contributed by atoms with Crippen LogP contribution in [-0.2, 0) is 14.3 Å². The molecule has 0 atom stereocenters. The molecule has 0 aromatic heterocycles. The first-order chi connectivity index (χ1) is 7.06. The summed E-state index contributed by atoms with van der Waals surface area (Å²) in [4.78, 5) is 22.3. The third kappa shape index (κ3) is 9.44. The van der Waals surface area contributed by atoms with E-state index in [1.165, 1.54) is 0 Å². The van der Waals surface area contributed by atoms with Gasteiger partial charge in [-0.3, -0.25) is 9.59 Å². The maximum atomic E-state index is 11.1. The fourth-order valence-electron chi connectivity index (χ4n) is 1.32. The quantitative estimate of drug-likeness (QED) is 0.461. The summed E-state index contributed by atoms with van der Waals surface area (Å²) in [6.45, 7) is 5.67. The Morgan fingerprint density at radius 1 is 1.07 bits per heavy atom. The van der Waals surface area contributed by atoms with Crippen LogP contribution in [0.15, 0.2) is 0 Å². The topological polar surface area (TPSA) is 43.4 Å². The van der Waals surface area contributed by atoms with Crippen molar-refractivity contribution >= 4 is 11.8 Å². The molecule has 15 heavy (non-hydrogen) atoms. The van der Waals surface area contributed by atoms with Gasteiger partial charge in [-0.2, -0.15) is 0 Å². The van der Waals surface area contributed by atoms with Crippen LogP contribution < -0.4 is 0 Å². The van der Waals surface area contributed by atoms with Gasteiger partial charge in [0.25, 0.3) is 0 Å². The molecule has 0 aliphatic heterocycles. The monoisotopic (exact) mass is 214 g/mol. The van der Waals surface area contributed by atoms with Crippen molar-refractivity contribution in [1.82, 2.24) is 0 Å². The number of esters is 1. The van der Waals surface area contributed by atoms with Crippen LogP contribution in [0, 0.1) is 0 Å². The molecule has 0 rings (SSSR count). The van der Waals surface area contributed by atoms with Gasteiger partial charge >= 0.3 is 5.97 Å². The molecule has 0 aromatic carbocycles. The Balaban J connectivity index is 3.38. The third-order valence-corrected chi connectivity index (χ3v) is 1.98. The van der Waals surface area contributed by atoms with Gasteiger partial charge in [0.2, 0.25) is 0 Å². The zero-order valence-corrected chi connectivity index (χ0v) is 10.0. The van der Waals surface area contributed by atoms with Crippen LogP contribution in [0.1, 0.15) is 59.3 Å². The van der Waals surface area contributed by atoms with E-state index in [1.807, 2.05) is 20.8 Å². The first kappa shape index (κ1) is 14.1. The number of hydrogen-bond acceptors (Lipinski definition) is 3. The normalized spacial score (nSPS) is 10.4. The number of rotatable bonds is 8. The van der Waals surface area contributed by atoms with Crippen molar-refractivity contribution in [2.24, 2.45) is 0 Å². The molecular weight excluding hydrogens is 192 g/mol. The van der Waals surface area contributed by atoms with Gasteiger partial charge in [0.05, 0.1) is 6.10 Å². The minimum atomic E-state index is -0.159. The minimum Gasteiger partial charge on any atom is -0.463 e. The summed E-state index contributed by atoms with van der Waals surface area (Å²) in [5.41, 5.74) is 0. The van der Waals surface area contributed by atoms with Crippen LogP contribution in [0.3, 0.4) is 0 Å². The second kappa shape index (κ2) is 8.45. The Hall–Kier alpha value is -0.860. The van der Waals surface area contributed by atoms with Crippen molar-refractivity contribution < 1.29 is 14.3 Å². The van der Waals surface area contributed by atoms with E-state index in [-0.39, 0.29) is 12.1 Å². The maximum Gasteiger partial charge on any atom is 0.306 e. The Morgan fingerprint density at radius 3 is 2.20 bits per heavy atom. The number of carbonyl (C=O) groups excluding carboxylic acids is 2. The van der Waals surface area contributed by atoms with Crippen LogP contribution in [-0.4, -0.2) is 17.9 Å². The van der Waals surface area contributed by atoms with Crippen LogP contribution in [0.5, 0.6) is 0 Å². The van der Waals surface area contributed by atoms with Crippen LogP contribution in [0.25, 0.3) is 0 Å². The number of carbonyl (C=O) groups is 2. The molecule has 0 radical (unpaired) electrons. The van der Waals surface area contributed by atoms with E-state index in [0.29, 0.717) is 25.0 Å². The smallest absolute Gasteiger partial charge is 0.306 e. The van der Waals surface area contributed by atoms with Gasteiger partial charge in [-0.15, -0.1) is 0 Å². The molecule has 0 bridgehead atoms. The molecule has 0 spiro atoms. The van der Waals surface area contributed by atoms with Crippen molar-refractivity contribution in [2.75, 3.05) is 0 Å².